The van der Waals surface area contributed by atoms with E-state index in [9.17, 15) is 40.9 Å². The first kappa shape index (κ1) is 27.8. The molecule has 10 heteroatoms. The van der Waals surface area contributed by atoms with Gasteiger partial charge in [0.15, 0.2) is 0 Å². The second-order valence-corrected chi connectivity index (χ2v) is 9.42. The molecule has 0 amide bonds. The Morgan fingerprint density at radius 3 is 1.09 bits per heavy atom. The van der Waals surface area contributed by atoms with E-state index >= 15 is 0 Å². The minimum atomic E-state index is -1.21. The van der Waals surface area contributed by atoms with Crippen LogP contribution in [0.4, 0.5) is 0 Å². The summed E-state index contributed by atoms with van der Waals surface area (Å²) in [5.41, 5.74) is 0. The van der Waals surface area contributed by atoms with Gasteiger partial charge < -0.3 is 40.9 Å². The van der Waals surface area contributed by atoms with Crippen LogP contribution in [0.3, 0.4) is 0 Å². The van der Waals surface area contributed by atoms with Gasteiger partial charge in [0.1, 0.15) is 24.4 Å². The number of rotatable bonds is 13. The van der Waals surface area contributed by atoms with Gasteiger partial charge in [-0.1, -0.05) is 38.5 Å². The zero-order valence-electron chi connectivity index (χ0n) is 19.0. The van der Waals surface area contributed by atoms with Crippen LogP contribution in [0, 0.1) is 0 Å². The molecule has 0 unspecified atom stereocenters. The number of hydrogen-bond donors (Lipinski definition) is 8. The number of nitrogens with zero attached hydrogens (tertiary/aromatic N) is 2. The smallest absolute Gasteiger partial charge is 0.109 e. The summed E-state index contributed by atoms with van der Waals surface area (Å²) in [6, 6.07) is -1.08. The van der Waals surface area contributed by atoms with Gasteiger partial charge in [-0.25, -0.2) is 0 Å². The molecule has 2 heterocycles. The van der Waals surface area contributed by atoms with Gasteiger partial charge in [-0.15, -0.1) is 0 Å². The summed E-state index contributed by atoms with van der Waals surface area (Å²) in [5.74, 6) is 0. The van der Waals surface area contributed by atoms with Crippen LogP contribution in [0.15, 0.2) is 0 Å². The molecule has 2 rings (SSSR count). The molecule has 0 aromatic carbocycles. The number of likely N-dealkylation sites (tertiary alicyclic amines) is 2. The van der Waals surface area contributed by atoms with Crippen molar-refractivity contribution in [2.45, 2.75) is 100 Å². The highest BCUT2D eigenvalue weighted by Gasteiger charge is 2.41. The molecule has 2 saturated heterocycles. The minimum Gasteiger partial charge on any atom is -0.395 e. The van der Waals surface area contributed by atoms with Crippen LogP contribution in [0.25, 0.3) is 0 Å². The molecule has 32 heavy (non-hydrogen) atoms. The standard InChI is InChI=1S/C22H44N2O8/c25-13-15-19(29)21(31)17(27)11-23(15)9-7-5-3-1-2-4-6-8-10-24-12-18(28)22(32)20(30)16(24)14-26/h15-22,25-32H,1-14H2/t15-,16-,17+,18+,19-,20-,21-,22-/m1/s1. The lowest BCUT2D eigenvalue weighted by atomic mass is 9.94. The first-order valence-electron chi connectivity index (χ1n) is 12.1. The SMILES string of the molecule is OC[C@@H]1[C@@H](O)[C@H](O)[C@@H](O)CN1CCCCCCCCCCN1C[C@H](O)[C@@H](O)[C@H](O)[C@H]1CO. The third kappa shape index (κ3) is 7.56. The van der Waals surface area contributed by atoms with Gasteiger partial charge in [-0.3, -0.25) is 9.80 Å². The Morgan fingerprint density at radius 2 is 0.781 bits per heavy atom. The Morgan fingerprint density at radius 1 is 0.469 bits per heavy atom. The zero-order valence-corrected chi connectivity index (χ0v) is 19.0. The van der Waals surface area contributed by atoms with Gasteiger partial charge in [-0.05, 0) is 25.9 Å². The number of aliphatic hydroxyl groups excluding tert-OH is 8. The maximum Gasteiger partial charge on any atom is 0.109 e. The van der Waals surface area contributed by atoms with Gasteiger partial charge in [0.05, 0.1) is 37.5 Å². The normalized spacial score (nSPS) is 37.1. The molecule has 10 nitrogen and oxygen atoms in total. The molecule has 8 N–H and O–H groups in total. The molecule has 0 radical (unpaired) electrons. The van der Waals surface area contributed by atoms with Crippen molar-refractivity contribution in [2.24, 2.45) is 0 Å². The van der Waals surface area contributed by atoms with E-state index in [2.05, 4.69) is 0 Å². The van der Waals surface area contributed by atoms with Crippen molar-refractivity contribution >= 4 is 0 Å². The van der Waals surface area contributed by atoms with E-state index < -0.39 is 48.7 Å². The Bertz CT molecular complexity index is 472. The van der Waals surface area contributed by atoms with E-state index in [-0.39, 0.29) is 26.3 Å². The molecule has 2 fully saturated rings. The van der Waals surface area contributed by atoms with Crippen molar-refractivity contribution in [3.63, 3.8) is 0 Å². The molecule has 0 aromatic heterocycles. The number of hydrogen-bond acceptors (Lipinski definition) is 10. The lowest BCUT2D eigenvalue weighted by Crippen LogP contribution is -2.62. The van der Waals surface area contributed by atoms with E-state index in [4.69, 9.17) is 0 Å². The highest BCUT2D eigenvalue weighted by Crippen LogP contribution is 2.21. The van der Waals surface area contributed by atoms with Crippen molar-refractivity contribution in [1.82, 2.24) is 9.80 Å². The molecule has 2 aliphatic rings. The fraction of sp³-hybridized carbons (Fsp3) is 1.00. The summed E-state index contributed by atoms with van der Waals surface area (Å²) in [5, 5.41) is 78.2. The summed E-state index contributed by atoms with van der Waals surface area (Å²) in [7, 11) is 0. The molecule has 0 bridgehead atoms. The van der Waals surface area contributed by atoms with Crippen LogP contribution in [0.5, 0.6) is 0 Å². The Balaban J connectivity index is 1.51. The number of β-amino-alcohol motifs (C(OH)–C–C–N with tert-alkyl or cyclic N) is 2. The van der Waals surface area contributed by atoms with Crippen molar-refractivity contribution in [3.8, 4) is 0 Å². The predicted octanol–water partition coefficient (Wildman–Crippen LogP) is -2.37. The van der Waals surface area contributed by atoms with E-state index in [1.54, 1.807) is 0 Å². The van der Waals surface area contributed by atoms with Crippen molar-refractivity contribution in [1.29, 1.82) is 0 Å². The molecule has 2 aliphatic heterocycles. The van der Waals surface area contributed by atoms with Gasteiger partial charge in [-0.2, -0.15) is 0 Å². The third-order valence-corrected chi connectivity index (χ3v) is 7.07. The molecular weight excluding hydrogens is 420 g/mol. The number of unbranched alkanes of at least 4 members (excludes halogenated alkanes) is 7. The summed E-state index contributed by atoms with van der Waals surface area (Å²) in [4.78, 5) is 3.71. The Kier molecular flexibility index (Phi) is 12.3. The summed E-state index contributed by atoms with van der Waals surface area (Å²) in [6.45, 7) is 1.34. The van der Waals surface area contributed by atoms with Crippen molar-refractivity contribution in [3.05, 3.63) is 0 Å². The maximum atomic E-state index is 10.0. The van der Waals surface area contributed by atoms with Crippen LogP contribution in [-0.2, 0) is 0 Å². The lowest BCUT2D eigenvalue weighted by Gasteiger charge is -2.43. The molecule has 0 aromatic rings. The van der Waals surface area contributed by atoms with Crippen LogP contribution < -0.4 is 0 Å². The molecule has 0 saturated carbocycles. The van der Waals surface area contributed by atoms with Crippen LogP contribution in [0.2, 0.25) is 0 Å². The van der Waals surface area contributed by atoms with E-state index in [1.165, 1.54) is 0 Å². The quantitative estimate of drug-likeness (QED) is 0.138. The Labute approximate surface area is 190 Å². The summed E-state index contributed by atoms with van der Waals surface area (Å²) >= 11 is 0. The molecule has 8 atom stereocenters. The average molecular weight is 465 g/mol. The van der Waals surface area contributed by atoms with E-state index in [0.29, 0.717) is 13.1 Å². The maximum absolute atomic E-state index is 10.0. The van der Waals surface area contributed by atoms with Crippen LogP contribution >= 0.6 is 0 Å². The van der Waals surface area contributed by atoms with E-state index in [1.807, 2.05) is 9.80 Å². The summed E-state index contributed by atoms with van der Waals surface area (Å²) in [6.07, 6.45) is 1.53. The lowest BCUT2D eigenvalue weighted by molar-refractivity contribution is -0.145. The third-order valence-electron chi connectivity index (χ3n) is 7.07. The highest BCUT2D eigenvalue weighted by atomic mass is 16.4. The molecule has 0 spiro atoms. The molecular formula is C22H44N2O8. The largest absolute Gasteiger partial charge is 0.395 e. The van der Waals surface area contributed by atoms with E-state index in [0.717, 1.165) is 51.4 Å². The summed E-state index contributed by atoms with van der Waals surface area (Å²) < 4.78 is 0. The average Bonchev–Trinajstić information content (AvgIpc) is 2.77. The topological polar surface area (TPSA) is 168 Å². The molecule has 0 aliphatic carbocycles. The Hall–Kier alpha value is -0.400. The van der Waals surface area contributed by atoms with Gasteiger partial charge in [0, 0.05) is 13.1 Å². The first-order chi connectivity index (χ1) is 15.3. The zero-order chi connectivity index (χ0) is 23.7. The fourth-order valence-electron chi connectivity index (χ4n) is 4.96. The van der Waals surface area contributed by atoms with Gasteiger partial charge >= 0.3 is 0 Å². The minimum absolute atomic E-state index is 0.250. The first-order valence-corrected chi connectivity index (χ1v) is 12.1. The second-order valence-electron chi connectivity index (χ2n) is 9.42. The van der Waals surface area contributed by atoms with Crippen molar-refractivity contribution in [2.75, 3.05) is 39.4 Å². The van der Waals surface area contributed by atoms with Crippen LogP contribution in [0.1, 0.15) is 51.4 Å². The van der Waals surface area contributed by atoms with Gasteiger partial charge in [0.2, 0.25) is 0 Å². The van der Waals surface area contributed by atoms with Crippen LogP contribution in [-0.4, -0.2) is 139 Å². The number of piperidine rings is 2. The predicted molar refractivity (Wildman–Crippen MR) is 118 cm³/mol. The molecule has 190 valence electrons. The second kappa shape index (κ2) is 14.1. The fourth-order valence-corrected chi connectivity index (χ4v) is 4.96. The van der Waals surface area contributed by atoms with Gasteiger partial charge in [0.25, 0.3) is 0 Å². The highest BCUT2D eigenvalue weighted by molar-refractivity contribution is 4.95. The monoisotopic (exact) mass is 464 g/mol. The number of aliphatic hydroxyl groups is 8. The van der Waals surface area contributed by atoms with Crippen molar-refractivity contribution < 1.29 is 40.9 Å².